The Morgan fingerprint density at radius 3 is 2.85 bits per heavy atom. The van der Waals surface area contributed by atoms with Crippen molar-refractivity contribution in [3.8, 4) is 11.3 Å². The number of halogens is 2. The standard InChI is InChI=1S/C15H12Cl2N2S/c1-9-15(10-4-5-20-8-10)19-14(18-9)7-11-6-12(16)2-3-13(11)17/h2-6,8H,7H2,1H3,(H,18,19). The molecule has 2 heterocycles. The summed E-state index contributed by atoms with van der Waals surface area (Å²) in [6.45, 7) is 2.03. The maximum atomic E-state index is 6.19. The SMILES string of the molecule is Cc1[nH]c(Cc2cc(Cl)ccc2Cl)nc1-c1ccsc1. The molecule has 102 valence electrons. The second kappa shape index (κ2) is 5.60. The van der Waals surface area contributed by atoms with Crippen LogP contribution in [0.4, 0.5) is 0 Å². The van der Waals surface area contributed by atoms with E-state index in [2.05, 4.69) is 26.8 Å². The van der Waals surface area contributed by atoms with Crippen molar-refractivity contribution < 1.29 is 0 Å². The van der Waals surface area contributed by atoms with Gasteiger partial charge >= 0.3 is 0 Å². The van der Waals surface area contributed by atoms with E-state index in [-0.39, 0.29) is 0 Å². The highest BCUT2D eigenvalue weighted by Gasteiger charge is 2.11. The first-order valence-electron chi connectivity index (χ1n) is 6.15. The minimum absolute atomic E-state index is 0.643. The van der Waals surface area contributed by atoms with E-state index in [0.29, 0.717) is 16.5 Å². The Balaban J connectivity index is 1.92. The van der Waals surface area contributed by atoms with Crippen LogP contribution in [0.15, 0.2) is 35.0 Å². The van der Waals surface area contributed by atoms with Crippen molar-refractivity contribution in [2.45, 2.75) is 13.3 Å². The molecule has 0 radical (unpaired) electrons. The number of benzene rings is 1. The van der Waals surface area contributed by atoms with Gasteiger partial charge in [0.1, 0.15) is 5.82 Å². The lowest BCUT2D eigenvalue weighted by atomic mass is 10.1. The third kappa shape index (κ3) is 2.75. The Bertz CT molecular complexity index is 732. The van der Waals surface area contributed by atoms with Crippen molar-refractivity contribution in [3.63, 3.8) is 0 Å². The highest BCUT2D eigenvalue weighted by Crippen LogP contribution is 2.26. The highest BCUT2D eigenvalue weighted by atomic mass is 35.5. The van der Waals surface area contributed by atoms with Gasteiger partial charge in [-0.25, -0.2) is 4.98 Å². The largest absolute Gasteiger partial charge is 0.345 e. The van der Waals surface area contributed by atoms with Crippen LogP contribution in [0, 0.1) is 6.92 Å². The monoisotopic (exact) mass is 322 g/mol. The van der Waals surface area contributed by atoms with Crippen LogP contribution in [0.3, 0.4) is 0 Å². The quantitative estimate of drug-likeness (QED) is 0.692. The van der Waals surface area contributed by atoms with Crippen molar-refractivity contribution in [1.82, 2.24) is 9.97 Å². The van der Waals surface area contributed by atoms with E-state index in [1.54, 1.807) is 17.4 Å². The van der Waals surface area contributed by atoms with E-state index < -0.39 is 0 Å². The Morgan fingerprint density at radius 1 is 1.25 bits per heavy atom. The molecule has 0 aliphatic heterocycles. The van der Waals surface area contributed by atoms with Gasteiger partial charge in [-0.15, -0.1) is 0 Å². The molecule has 1 N–H and O–H groups in total. The Labute approximate surface area is 131 Å². The molecular weight excluding hydrogens is 311 g/mol. The number of nitrogens with one attached hydrogen (secondary N) is 1. The molecule has 0 amide bonds. The molecule has 0 atom stereocenters. The third-order valence-electron chi connectivity index (χ3n) is 3.09. The summed E-state index contributed by atoms with van der Waals surface area (Å²) in [4.78, 5) is 7.99. The molecule has 0 saturated heterocycles. The smallest absolute Gasteiger partial charge is 0.111 e. The van der Waals surface area contributed by atoms with E-state index in [0.717, 1.165) is 28.3 Å². The second-order valence-electron chi connectivity index (χ2n) is 4.58. The number of H-pyrrole nitrogens is 1. The van der Waals surface area contributed by atoms with Gasteiger partial charge < -0.3 is 4.98 Å². The lowest BCUT2D eigenvalue weighted by molar-refractivity contribution is 1.02. The number of aromatic amines is 1. The molecule has 2 aromatic heterocycles. The van der Waals surface area contributed by atoms with Crippen molar-refractivity contribution in [2.75, 3.05) is 0 Å². The Kier molecular flexibility index (Phi) is 3.83. The molecule has 0 aliphatic carbocycles. The van der Waals surface area contributed by atoms with Crippen molar-refractivity contribution >= 4 is 34.5 Å². The number of rotatable bonds is 3. The van der Waals surface area contributed by atoms with Gasteiger partial charge in [0.05, 0.1) is 5.69 Å². The molecule has 0 saturated carbocycles. The fourth-order valence-corrected chi connectivity index (χ4v) is 3.17. The van der Waals surface area contributed by atoms with Crippen LogP contribution in [-0.4, -0.2) is 9.97 Å². The van der Waals surface area contributed by atoms with E-state index >= 15 is 0 Å². The average Bonchev–Trinajstić information content (AvgIpc) is 3.03. The molecular formula is C15H12Cl2N2S. The van der Waals surface area contributed by atoms with Gasteiger partial charge in [-0.3, -0.25) is 0 Å². The summed E-state index contributed by atoms with van der Waals surface area (Å²) < 4.78 is 0. The van der Waals surface area contributed by atoms with Gasteiger partial charge in [0, 0.05) is 33.1 Å². The average molecular weight is 323 g/mol. The molecule has 3 rings (SSSR count). The number of aryl methyl sites for hydroxylation is 1. The number of nitrogens with zero attached hydrogens (tertiary/aromatic N) is 1. The zero-order valence-electron chi connectivity index (χ0n) is 10.8. The first-order valence-corrected chi connectivity index (χ1v) is 7.85. The summed E-state index contributed by atoms with van der Waals surface area (Å²) in [6.07, 6.45) is 0.643. The van der Waals surface area contributed by atoms with Crippen LogP contribution >= 0.6 is 34.5 Å². The molecule has 5 heteroatoms. The summed E-state index contributed by atoms with van der Waals surface area (Å²) in [7, 11) is 0. The van der Waals surface area contributed by atoms with E-state index in [9.17, 15) is 0 Å². The molecule has 1 aromatic carbocycles. The van der Waals surface area contributed by atoms with Gasteiger partial charge in [-0.2, -0.15) is 11.3 Å². The summed E-state index contributed by atoms with van der Waals surface area (Å²) in [5.41, 5.74) is 4.19. The molecule has 20 heavy (non-hydrogen) atoms. The number of hydrogen-bond donors (Lipinski definition) is 1. The van der Waals surface area contributed by atoms with Crippen LogP contribution in [0.1, 0.15) is 17.1 Å². The number of hydrogen-bond acceptors (Lipinski definition) is 2. The van der Waals surface area contributed by atoms with E-state index in [4.69, 9.17) is 23.2 Å². The van der Waals surface area contributed by atoms with E-state index in [1.165, 1.54) is 0 Å². The zero-order chi connectivity index (χ0) is 14.1. The zero-order valence-corrected chi connectivity index (χ0v) is 13.1. The van der Waals surface area contributed by atoms with Crippen LogP contribution in [0.2, 0.25) is 10.0 Å². The predicted octanol–water partition coefficient (Wildman–Crippen LogP) is 5.34. The lowest BCUT2D eigenvalue weighted by Crippen LogP contribution is -1.92. The molecule has 3 aromatic rings. The normalized spacial score (nSPS) is 10.9. The summed E-state index contributed by atoms with van der Waals surface area (Å²) in [5.74, 6) is 0.896. The lowest BCUT2D eigenvalue weighted by Gasteiger charge is -2.02. The van der Waals surface area contributed by atoms with Gasteiger partial charge in [0.15, 0.2) is 0 Å². The fraction of sp³-hybridized carbons (Fsp3) is 0.133. The minimum Gasteiger partial charge on any atom is -0.345 e. The molecule has 2 nitrogen and oxygen atoms in total. The minimum atomic E-state index is 0.643. The van der Waals surface area contributed by atoms with Gasteiger partial charge in [-0.05, 0) is 42.1 Å². The van der Waals surface area contributed by atoms with Crippen LogP contribution < -0.4 is 0 Å². The van der Waals surface area contributed by atoms with Crippen LogP contribution in [0.25, 0.3) is 11.3 Å². The van der Waals surface area contributed by atoms with Gasteiger partial charge in [-0.1, -0.05) is 23.2 Å². The predicted molar refractivity (Wildman–Crippen MR) is 85.9 cm³/mol. The molecule has 0 unspecified atom stereocenters. The first kappa shape index (κ1) is 13.7. The number of aromatic nitrogens is 2. The van der Waals surface area contributed by atoms with Crippen LogP contribution in [-0.2, 0) is 6.42 Å². The first-order chi connectivity index (χ1) is 9.63. The Hall–Kier alpha value is -1.29. The van der Waals surface area contributed by atoms with E-state index in [1.807, 2.05) is 19.1 Å². The maximum Gasteiger partial charge on any atom is 0.111 e. The molecule has 0 fully saturated rings. The maximum absolute atomic E-state index is 6.19. The van der Waals surface area contributed by atoms with Gasteiger partial charge in [0.2, 0.25) is 0 Å². The molecule has 0 spiro atoms. The topological polar surface area (TPSA) is 28.7 Å². The summed E-state index contributed by atoms with van der Waals surface area (Å²) in [6, 6.07) is 7.56. The van der Waals surface area contributed by atoms with Crippen LogP contribution in [0.5, 0.6) is 0 Å². The second-order valence-corrected chi connectivity index (χ2v) is 6.21. The molecule has 0 aliphatic rings. The fourth-order valence-electron chi connectivity index (χ4n) is 2.15. The summed E-state index contributed by atoms with van der Waals surface area (Å²) >= 11 is 13.9. The van der Waals surface area contributed by atoms with Crippen molar-refractivity contribution in [2.24, 2.45) is 0 Å². The third-order valence-corrected chi connectivity index (χ3v) is 4.38. The van der Waals surface area contributed by atoms with Crippen molar-refractivity contribution in [3.05, 3.63) is 62.2 Å². The van der Waals surface area contributed by atoms with Crippen molar-refractivity contribution in [1.29, 1.82) is 0 Å². The highest BCUT2D eigenvalue weighted by molar-refractivity contribution is 7.08. The molecule has 0 bridgehead atoms. The summed E-state index contributed by atoms with van der Waals surface area (Å²) in [5, 5.41) is 5.54. The number of thiophene rings is 1. The number of imidazole rings is 1. The Morgan fingerprint density at radius 2 is 2.10 bits per heavy atom. The van der Waals surface area contributed by atoms with Gasteiger partial charge in [0.25, 0.3) is 0 Å².